The molecule has 1 fully saturated rings. The van der Waals surface area contributed by atoms with Crippen LogP contribution in [-0.4, -0.2) is 15.2 Å². The zero-order chi connectivity index (χ0) is 17.3. The lowest BCUT2D eigenvalue weighted by atomic mass is 10.2. The van der Waals surface area contributed by atoms with E-state index in [0.29, 0.717) is 19.9 Å². The summed E-state index contributed by atoms with van der Waals surface area (Å²) in [6.45, 7) is 0. The summed E-state index contributed by atoms with van der Waals surface area (Å²) in [5, 5.41) is 11.3. The first-order valence-electron chi connectivity index (χ1n) is 6.74. The number of nitrogens with zero attached hydrogens (tertiary/aromatic N) is 2. The highest BCUT2D eigenvalue weighted by Gasteiger charge is 2.33. The van der Waals surface area contributed by atoms with Crippen LogP contribution in [0.4, 0.5) is 11.4 Å². The van der Waals surface area contributed by atoms with E-state index in [9.17, 15) is 14.9 Å². The molecular weight excluding hydrogens is 368 g/mol. The van der Waals surface area contributed by atoms with Gasteiger partial charge >= 0.3 is 0 Å². The molecule has 0 aliphatic carbocycles. The molecule has 24 heavy (non-hydrogen) atoms. The molecule has 1 saturated heterocycles. The summed E-state index contributed by atoms with van der Waals surface area (Å²) in [4.78, 5) is 24.7. The minimum Gasteiger partial charge on any atom is -0.268 e. The maximum atomic E-state index is 12.6. The van der Waals surface area contributed by atoms with Crippen molar-refractivity contribution in [2.24, 2.45) is 0 Å². The molecule has 5 nitrogen and oxygen atoms in total. The third kappa shape index (κ3) is 3.33. The van der Waals surface area contributed by atoms with E-state index in [-0.39, 0.29) is 11.6 Å². The molecule has 0 bridgehead atoms. The molecule has 0 atom stereocenters. The standard InChI is InChI=1S/C16H9ClN2O3S2/c17-11-3-1-10(2-4-11)9-14-15(20)18(16(23)24-14)12-5-7-13(8-6-12)19(21)22/h1-9H. The maximum Gasteiger partial charge on any atom is 0.270 e. The Bertz CT molecular complexity index is 864. The number of carbonyl (C=O) groups excluding carboxylic acids is 1. The number of rotatable bonds is 3. The second-order valence-corrected chi connectivity index (χ2v) is 6.95. The molecule has 1 aliphatic rings. The zero-order valence-corrected chi connectivity index (χ0v) is 14.4. The van der Waals surface area contributed by atoms with Crippen molar-refractivity contribution in [2.75, 3.05) is 4.90 Å². The van der Waals surface area contributed by atoms with Crippen molar-refractivity contribution >= 4 is 63.3 Å². The monoisotopic (exact) mass is 376 g/mol. The van der Waals surface area contributed by atoms with Crippen LogP contribution in [0.1, 0.15) is 5.56 Å². The molecule has 0 saturated carbocycles. The number of anilines is 1. The molecule has 3 rings (SSSR count). The van der Waals surface area contributed by atoms with Gasteiger partial charge in [0.05, 0.1) is 15.5 Å². The Labute approximate surface area is 152 Å². The van der Waals surface area contributed by atoms with Crippen LogP contribution >= 0.6 is 35.6 Å². The Morgan fingerprint density at radius 2 is 1.75 bits per heavy atom. The predicted octanol–water partition coefficient (Wildman–Crippen LogP) is 4.65. The fourth-order valence-corrected chi connectivity index (χ4v) is 3.55. The van der Waals surface area contributed by atoms with Crippen LogP contribution in [0.3, 0.4) is 0 Å². The van der Waals surface area contributed by atoms with Gasteiger partial charge in [0.1, 0.15) is 0 Å². The van der Waals surface area contributed by atoms with Crippen LogP contribution in [0, 0.1) is 10.1 Å². The highest BCUT2D eigenvalue weighted by atomic mass is 35.5. The molecule has 0 spiro atoms. The van der Waals surface area contributed by atoms with E-state index in [1.807, 2.05) is 0 Å². The first-order chi connectivity index (χ1) is 11.5. The first-order valence-corrected chi connectivity index (χ1v) is 8.34. The van der Waals surface area contributed by atoms with Crippen LogP contribution in [0.15, 0.2) is 53.4 Å². The van der Waals surface area contributed by atoms with Gasteiger partial charge in [-0.2, -0.15) is 0 Å². The molecule has 2 aromatic rings. The van der Waals surface area contributed by atoms with Gasteiger partial charge in [-0.1, -0.05) is 47.7 Å². The Balaban J connectivity index is 1.88. The summed E-state index contributed by atoms with van der Waals surface area (Å²) in [5.74, 6) is -0.256. The predicted molar refractivity (Wildman–Crippen MR) is 100 cm³/mol. The lowest BCUT2D eigenvalue weighted by Crippen LogP contribution is -2.27. The van der Waals surface area contributed by atoms with Crippen LogP contribution in [0.5, 0.6) is 0 Å². The Kier molecular flexibility index (Phi) is 4.66. The summed E-state index contributed by atoms with van der Waals surface area (Å²) in [7, 11) is 0. The average Bonchev–Trinajstić information content (AvgIpc) is 2.83. The number of benzene rings is 2. The number of hydrogen-bond donors (Lipinski definition) is 0. The fraction of sp³-hybridized carbons (Fsp3) is 0. The van der Waals surface area contributed by atoms with E-state index in [1.165, 1.54) is 40.9 Å². The quantitative estimate of drug-likeness (QED) is 0.337. The van der Waals surface area contributed by atoms with Crippen molar-refractivity contribution in [3.63, 3.8) is 0 Å². The minimum atomic E-state index is -0.492. The lowest BCUT2D eigenvalue weighted by Gasteiger charge is -2.13. The third-order valence-corrected chi connectivity index (χ3v) is 4.83. The molecule has 120 valence electrons. The van der Waals surface area contributed by atoms with Crippen molar-refractivity contribution < 1.29 is 9.72 Å². The second-order valence-electron chi connectivity index (χ2n) is 4.84. The van der Waals surface area contributed by atoms with Crippen molar-refractivity contribution in [2.45, 2.75) is 0 Å². The van der Waals surface area contributed by atoms with Gasteiger partial charge in [0, 0.05) is 17.2 Å². The topological polar surface area (TPSA) is 63.5 Å². The lowest BCUT2D eigenvalue weighted by molar-refractivity contribution is -0.384. The van der Waals surface area contributed by atoms with Gasteiger partial charge < -0.3 is 0 Å². The molecule has 0 radical (unpaired) electrons. The number of nitro benzene ring substituents is 1. The maximum absolute atomic E-state index is 12.6. The van der Waals surface area contributed by atoms with Crippen molar-refractivity contribution in [1.29, 1.82) is 0 Å². The molecule has 2 aromatic carbocycles. The summed E-state index contributed by atoms with van der Waals surface area (Å²) >= 11 is 12.3. The largest absolute Gasteiger partial charge is 0.270 e. The van der Waals surface area contributed by atoms with Crippen LogP contribution in [0.2, 0.25) is 5.02 Å². The number of hydrogen-bond acceptors (Lipinski definition) is 5. The highest BCUT2D eigenvalue weighted by molar-refractivity contribution is 8.27. The Morgan fingerprint density at radius 3 is 2.33 bits per heavy atom. The summed E-state index contributed by atoms with van der Waals surface area (Å²) < 4.78 is 0.383. The van der Waals surface area contributed by atoms with Gasteiger partial charge in [-0.25, -0.2) is 0 Å². The summed E-state index contributed by atoms with van der Waals surface area (Å²) in [6, 6.07) is 12.8. The molecular formula is C16H9ClN2O3S2. The average molecular weight is 377 g/mol. The SMILES string of the molecule is O=C1C(=Cc2ccc(Cl)cc2)SC(=S)N1c1ccc([N+](=O)[O-])cc1. The number of halogens is 1. The number of thioether (sulfide) groups is 1. The van der Waals surface area contributed by atoms with E-state index in [1.54, 1.807) is 30.3 Å². The van der Waals surface area contributed by atoms with Crippen molar-refractivity contribution in [3.05, 3.63) is 74.1 Å². The molecule has 8 heteroatoms. The Morgan fingerprint density at radius 1 is 1.12 bits per heavy atom. The number of non-ortho nitro benzene ring substituents is 1. The number of thiocarbonyl (C=S) groups is 1. The van der Waals surface area contributed by atoms with Gasteiger partial charge in [0.2, 0.25) is 0 Å². The first kappa shape index (κ1) is 16.6. The smallest absolute Gasteiger partial charge is 0.268 e. The van der Waals surface area contributed by atoms with E-state index >= 15 is 0 Å². The van der Waals surface area contributed by atoms with E-state index < -0.39 is 4.92 Å². The normalized spacial score (nSPS) is 16.0. The summed E-state index contributed by atoms with van der Waals surface area (Å²) in [6.07, 6.45) is 1.74. The number of nitro groups is 1. The summed E-state index contributed by atoms with van der Waals surface area (Å²) in [5.41, 5.74) is 1.30. The minimum absolute atomic E-state index is 0.0408. The Hall–Kier alpha value is -2.22. The van der Waals surface area contributed by atoms with Gasteiger partial charge in [-0.3, -0.25) is 19.8 Å². The van der Waals surface area contributed by atoms with Crippen LogP contribution in [-0.2, 0) is 4.79 Å². The highest BCUT2D eigenvalue weighted by Crippen LogP contribution is 2.36. The van der Waals surface area contributed by atoms with Crippen molar-refractivity contribution in [3.8, 4) is 0 Å². The molecule has 1 aliphatic heterocycles. The third-order valence-electron chi connectivity index (χ3n) is 3.28. The number of amides is 1. The molecule has 1 heterocycles. The van der Waals surface area contributed by atoms with E-state index in [0.717, 1.165) is 5.56 Å². The van der Waals surface area contributed by atoms with Gasteiger partial charge in [-0.05, 0) is 35.9 Å². The molecule has 0 N–H and O–H groups in total. The zero-order valence-electron chi connectivity index (χ0n) is 12.0. The molecule has 0 aromatic heterocycles. The van der Waals surface area contributed by atoms with Gasteiger partial charge in [-0.15, -0.1) is 0 Å². The van der Waals surface area contributed by atoms with Crippen LogP contribution in [0.25, 0.3) is 6.08 Å². The van der Waals surface area contributed by atoms with Gasteiger partial charge in [0.15, 0.2) is 4.32 Å². The van der Waals surface area contributed by atoms with Gasteiger partial charge in [0.25, 0.3) is 11.6 Å². The molecule has 1 amide bonds. The van der Waals surface area contributed by atoms with E-state index in [4.69, 9.17) is 23.8 Å². The van der Waals surface area contributed by atoms with Crippen LogP contribution < -0.4 is 4.90 Å². The molecule has 0 unspecified atom stereocenters. The van der Waals surface area contributed by atoms with Crippen molar-refractivity contribution in [1.82, 2.24) is 0 Å². The van der Waals surface area contributed by atoms with E-state index in [2.05, 4.69) is 0 Å². The second kappa shape index (κ2) is 6.72. The number of carbonyl (C=O) groups is 1. The fourth-order valence-electron chi connectivity index (χ4n) is 2.12.